The van der Waals surface area contributed by atoms with E-state index in [-0.39, 0.29) is 5.91 Å². The second-order valence-corrected chi connectivity index (χ2v) is 3.96. The molecule has 2 N–H and O–H groups in total. The Balaban J connectivity index is 2.25. The first kappa shape index (κ1) is 10.0. The Kier molecular flexibility index (Phi) is 2.62. The molecule has 1 aliphatic heterocycles. The lowest BCUT2D eigenvalue weighted by atomic mass is 10.1. The minimum atomic E-state index is 0.198. The monoisotopic (exact) mass is 204 g/mol. The maximum Gasteiger partial charge on any atom is 0.231 e. The Morgan fingerprint density at radius 2 is 2.27 bits per heavy atom. The number of amides is 1. The minimum absolute atomic E-state index is 0.198. The number of hydrogen-bond donors (Lipinski definition) is 1. The van der Waals surface area contributed by atoms with E-state index in [1.54, 1.807) is 0 Å². The summed E-state index contributed by atoms with van der Waals surface area (Å²) < 4.78 is 0. The number of unbranched alkanes of at least 4 members (excludes halogenated alkanes) is 1. The second kappa shape index (κ2) is 3.93. The van der Waals surface area contributed by atoms with E-state index in [4.69, 9.17) is 5.73 Å². The molecule has 1 heterocycles. The summed E-state index contributed by atoms with van der Waals surface area (Å²) in [5.74, 6) is 0.198. The topological polar surface area (TPSA) is 46.3 Å². The van der Waals surface area contributed by atoms with Crippen LogP contribution in [0.1, 0.15) is 25.3 Å². The summed E-state index contributed by atoms with van der Waals surface area (Å²) in [5.41, 5.74) is 8.54. The summed E-state index contributed by atoms with van der Waals surface area (Å²) in [7, 11) is 0. The van der Waals surface area contributed by atoms with E-state index in [1.807, 2.05) is 23.1 Å². The van der Waals surface area contributed by atoms with Gasteiger partial charge in [-0.2, -0.15) is 0 Å². The summed E-state index contributed by atoms with van der Waals surface area (Å²) in [6.07, 6.45) is 2.66. The molecule has 1 aromatic carbocycles. The molecule has 0 bridgehead atoms. The highest BCUT2D eigenvalue weighted by atomic mass is 16.2. The summed E-state index contributed by atoms with van der Waals surface area (Å²) in [5, 5.41) is 0. The van der Waals surface area contributed by atoms with Crippen molar-refractivity contribution in [3.8, 4) is 0 Å². The second-order valence-electron chi connectivity index (χ2n) is 3.96. The van der Waals surface area contributed by atoms with Gasteiger partial charge in [0.2, 0.25) is 5.91 Å². The van der Waals surface area contributed by atoms with Gasteiger partial charge >= 0.3 is 0 Å². The average Bonchev–Trinajstić information content (AvgIpc) is 2.50. The van der Waals surface area contributed by atoms with Crippen molar-refractivity contribution in [2.24, 2.45) is 0 Å². The van der Waals surface area contributed by atoms with Gasteiger partial charge in [0.1, 0.15) is 0 Å². The molecule has 0 aliphatic carbocycles. The smallest absolute Gasteiger partial charge is 0.231 e. The van der Waals surface area contributed by atoms with Gasteiger partial charge in [-0.15, -0.1) is 0 Å². The predicted octanol–water partition coefficient (Wildman–Crippen LogP) is 1.96. The normalized spacial score (nSPS) is 14.5. The van der Waals surface area contributed by atoms with Crippen molar-refractivity contribution in [2.75, 3.05) is 17.2 Å². The summed E-state index contributed by atoms with van der Waals surface area (Å²) in [6, 6.07) is 5.71. The molecule has 1 aromatic rings. The van der Waals surface area contributed by atoms with E-state index >= 15 is 0 Å². The van der Waals surface area contributed by atoms with Crippen LogP contribution in [0.15, 0.2) is 18.2 Å². The van der Waals surface area contributed by atoms with Gasteiger partial charge in [-0.05, 0) is 30.2 Å². The van der Waals surface area contributed by atoms with Crippen LogP contribution in [0.4, 0.5) is 11.4 Å². The number of fused-ring (bicyclic) bond motifs is 1. The highest BCUT2D eigenvalue weighted by Gasteiger charge is 2.26. The van der Waals surface area contributed by atoms with Gasteiger partial charge in [-0.25, -0.2) is 0 Å². The number of hydrogen-bond acceptors (Lipinski definition) is 2. The van der Waals surface area contributed by atoms with Gasteiger partial charge in [0.05, 0.1) is 6.42 Å². The van der Waals surface area contributed by atoms with Crippen molar-refractivity contribution in [1.82, 2.24) is 0 Å². The number of carbonyl (C=O) groups is 1. The molecule has 0 atom stereocenters. The molecule has 3 heteroatoms. The Morgan fingerprint density at radius 1 is 1.47 bits per heavy atom. The van der Waals surface area contributed by atoms with E-state index in [0.717, 1.165) is 36.3 Å². The van der Waals surface area contributed by atoms with Gasteiger partial charge < -0.3 is 10.6 Å². The van der Waals surface area contributed by atoms with Gasteiger partial charge in [-0.1, -0.05) is 13.3 Å². The standard InChI is InChI=1S/C12H16N2O/c1-2-3-6-14-11-5-4-10(13)7-9(11)8-12(14)15/h4-5,7H,2-3,6,8,13H2,1H3. The molecule has 0 spiro atoms. The van der Waals surface area contributed by atoms with E-state index in [1.165, 1.54) is 0 Å². The van der Waals surface area contributed by atoms with Crippen LogP contribution in [-0.4, -0.2) is 12.5 Å². The average molecular weight is 204 g/mol. The Bertz CT molecular complexity index is 387. The molecule has 0 aromatic heterocycles. The third-order valence-electron chi connectivity index (χ3n) is 2.77. The largest absolute Gasteiger partial charge is 0.399 e. The quantitative estimate of drug-likeness (QED) is 0.765. The molecule has 2 rings (SSSR count). The molecule has 80 valence electrons. The number of nitrogen functional groups attached to an aromatic ring is 1. The van der Waals surface area contributed by atoms with Crippen LogP contribution in [0.2, 0.25) is 0 Å². The van der Waals surface area contributed by atoms with Crippen molar-refractivity contribution in [2.45, 2.75) is 26.2 Å². The number of carbonyl (C=O) groups excluding carboxylic acids is 1. The zero-order valence-corrected chi connectivity index (χ0v) is 8.99. The molecule has 0 saturated heterocycles. The van der Waals surface area contributed by atoms with Crippen LogP contribution in [0.25, 0.3) is 0 Å². The van der Waals surface area contributed by atoms with Gasteiger partial charge in [0, 0.05) is 17.9 Å². The van der Waals surface area contributed by atoms with Crippen LogP contribution in [0.3, 0.4) is 0 Å². The Labute approximate surface area is 89.9 Å². The van der Waals surface area contributed by atoms with Gasteiger partial charge in [0.25, 0.3) is 0 Å². The third kappa shape index (κ3) is 1.82. The molecule has 0 radical (unpaired) electrons. The molecule has 0 fully saturated rings. The first-order valence-electron chi connectivity index (χ1n) is 5.41. The molecular weight excluding hydrogens is 188 g/mol. The SMILES string of the molecule is CCCCN1C(=O)Cc2cc(N)ccc21. The maximum atomic E-state index is 11.7. The summed E-state index contributed by atoms with van der Waals surface area (Å²) in [4.78, 5) is 13.6. The third-order valence-corrected chi connectivity index (χ3v) is 2.77. The Morgan fingerprint density at radius 3 is 3.00 bits per heavy atom. The zero-order valence-electron chi connectivity index (χ0n) is 8.99. The first-order chi connectivity index (χ1) is 7.22. The fraction of sp³-hybridized carbons (Fsp3) is 0.417. The predicted molar refractivity (Wildman–Crippen MR) is 61.8 cm³/mol. The first-order valence-corrected chi connectivity index (χ1v) is 5.41. The summed E-state index contributed by atoms with van der Waals surface area (Å²) >= 11 is 0. The molecule has 0 unspecified atom stereocenters. The van der Waals surface area contributed by atoms with E-state index in [0.29, 0.717) is 6.42 Å². The fourth-order valence-electron chi connectivity index (χ4n) is 1.96. The van der Waals surface area contributed by atoms with Gasteiger partial charge in [0.15, 0.2) is 0 Å². The summed E-state index contributed by atoms with van der Waals surface area (Å²) in [6.45, 7) is 2.96. The van der Waals surface area contributed by atoms with Crippen molar-refractivity contribution in [3.05, 3.63) is 23.8 Å². The maximum absolute atomic E-state index is 11.7. The van der Waals surface area contributed by atoms with Crippen LogP contribution >= 0.6 is 0 Å². The lowest BCUT2D eigenvalue weighted by molar-refractivity contribution is -0.117. The lowest BCUT2D eigenvalue weighted by Crippen LogP contribution is -2.27. The van der Waals surface area contributed by atoms with Crippen LogP contribution in [0.5, 0.6) is 0 Å². The number of rotatable bonds is 3. The number of benzene rings is 1. The van der Waals surface area contributed by atoms with Gasteiger partial charge in [-0.3, -0.25) is 4.79 Å². The number of anilines is 2. The fourth-order valence-corrected chi connectivity index (χ4v) is 1.96. The molecular formula is C12H16N2O. The number of nitrogens with zero attached hydrogens (tertiary/aromatic N) is 1. The molecule has 1 aliphatic rings. The minimum Gasteiger partial charge on any atom is -0.399 e. The molecule has 0 saturated carbocycles. The number of nitrogens with two attached hydrogens (primary N) is 1. The van der Waals surface area contributed by atoms with Crippen molar-refractivity contribution < 1.29 is 4.79 Å². The van der Waals surface area contributed by atoms with Crippen LogP contribution in [0, 0.1) is 0 Å². The molecule has 15 heavy (non-hydrogen) atoms. The van der Waals surface area contributed by atoms with Crippen molar-refractivity contribution in [3.63, 3.8) is 0 Å². The highest BCUT2D eigenvalue weighted by molar-refractivity contribution is 6.01. The molecule has 3 nitrogen and oxygen atoms in total. The Hall–Kier alpha value is -1.51. The van der Waals surface area contributed by atoms with Crippen LogP contribution in [-0.2, 0) is 11.2 Å². The van der Waals surface area contributed by atoms with E-state index in [2.05, 4.69) is 6.92 Å². The highest BCUT2D eigenvalue weighted by Crippen LogP contribution is 2.30. The zero-order chi connectivity index (χ0) is 10.8. The molecule has 1 amide bonds. The van der Waals surface area contributed by atoms with Crippen molar-refractivity contribution >= 4 is 17.3 Å². The van der Waals surface area contributed by atoms with E-state index < -0.39 is 0 Å². The van der Waals surface area contributed by atoms with Crippen LogP contribution < -0.4 is 10.6 Å². The lowest BCUT2D eigenvalue weighted by Gasteiger charge is -2.16. The van der Waals surface area contributed by atoms with E-state index in [9.17, 15) is 4.79 Å². The van der Waals surface area contributed by atoms with Crippen molar-refractivity contribution in [1.29, 1.82) is 0 Å².